The smallest absolute Gasteiger partial charge is 0.462 e. The molecular weight excluding hydrogens is 840 g/mol. The van der Waals surface area contributed by atoms with Gasteiger partial charge in [0.1, 0.15) is 43.2 Å². The lowest BCUT2D eigenvalue weighted by Gasteiger charge is -2.41. The van der Waals surface area contributed by atoms with Gasteiger partial charge in [0.15, 0.2) is 6.10 Å². The summed E-state index contributed by atoms with van der Waals surface area (Å²) in [5.41, 5.74) is 0. The number of hydrogen-bond donors (Lipinski definition) is 6. The van der Waals surface area contributed by atoms with Crippen LogP contribution in [0.15, 0.2) is 24.3 Å². The summed E-state index contributed by atoms with van der Waals surface area (Å²) >= 11 is 0. The molecular formula is C50H93O13P. The third-order valence-corrected chi connectivity index (χ3v) is 13.1. The van der Waals surface area contributed by atoms with Crippen molar-refractivity contribution in [2.75, 3.05) is 13.2 Å². The second kappa shape index (κ2) is 40.4. The monoisotopic (exact) mass is 933 g/mol. The number of aliphatic hydroxyl groups is 5. The Balaban J connectivity index is 2.41. The lowest BCUT2D eigenvalue weighted by molar-refractivity contribution is -0.220. The zero-order chi connectivity index (χ0) is 47.1. The minimum atomic E-state index is -5.14. The van der Waals surface area contributed by atoms with Crippen LogP contribution in [0.2, 0.25) is 0 Å². The number of esters is 2. The van der Waals surface area contributed by atoms with Crippen LogP contribution in [-0.4, -0.2) is 98.3 Å². The van der Waals surface area contributed by atoms with Gasteiger partial charge in [0.25, 0.3) is 0 Å². The molecule has 1 rings (SSSR count). The van der Waals surface area contributed by atoms with Crippen molar-refractivity contribution < 1.29 is 63.1 Å². The molecule has 0 aromatic rings. The normalized spacial score (nSPS) is 21.7. The first-order valence-electron chi connectivity index (χ1n) is 25.7. The van der Waals surface area contributed by atoms with Crippen LogP contribution in [0, 0.1) is 0 Å². The molecule has 1 aliphatic carbocycles. The fourth-order valence-corrected chi connectivity index (χ4v) is 8.99. The predicted octanol–water partition coefficient (Wildman–Crippen LogP) is 10.8. The molecule has 0 aliphatic heterocycles. The highest BCUT2D eigenvalue weighted by molar-refractivity contribution is 7.47. The summed E-state index contributed by atoms with van der Waals surface area (Å²) in [7, 11) is -5.14. The van der Waals surface area contributed by atoms with Crippen LogP contribution in [-0.2, 0) is 32.7 Å². The molecule has 0 aromatic carbocycles. The molecule has 6 unspecified atom stereocenters. The summed E-state index contributed by atoms with van der Waals surface area (Å²) < 4.78 is 33.4. The van der Waals surface area contributed by atoms with Crippen molar-refractivity contribution in [1.82, 2.24) is 0 Å². The average Bonchev–Trinajstić information content (AvgIpc) is 3.28. The third kappa shape index (κ3) is 32.1. The molecule has 8 atom stereocenters. The number of phosphoric acid groups is 1. The number of ether oxygens (including phenoxy) is 2. The molecule has 14 heteroatoms. The van der Waals surface area contributed by atoms with Crippen LogP contribution in [0.5, 0.6) is 0 Å². The fraction of sp³-hybridized carbons (Fsp3) is 0.880. The molecule has 13 nitrogen and oxygen atoms in total. The maximum Gasteiger partial charge on any atom is 0.472 e. The van der Waals surface area contributed by atoms with E-state index in [-0.39, 0.29) is 6.42 Å². The Kier molecular flexibility index (Phi) is 38.1. The molecule has 0 aromatic heterocycles. The van der Waals surface area contributed by atoms with Gasteiger partial charge in [-0.3, -0.25) is 13.8 Å². The van der Waals surface area contributed by atoms with Gasteiger partial charge in [-0.1, -0.05) is 218 Å². The first-order chi connectivity index (χ1) is 30.9. The van der Waals surface area contributed by atoms with E-state index in [4.69, 9.17) is 18.5 Å². The van der Waals surface area contributed by atoms with Crippen LogP contribution >= 0.6 is 7.82 Å². The Bertz CT molecular complexity index is 1220. The van der Waals surface area contributed by atoms with Gasteiger partial charge in [-0.2, -0.15) is 0 Å². The Morgan fingerprint density at radius 2 is 0.891 bits per heavy atom. The van der Waals surface area contributed by atoms with Gasteiger partial charge in [0, 0.05) is 12.5 Å². The number of aliphatic hydroxyl groups excluding tert-OH is 5. The highest BCUT2D eigenvalue weighted by Crippen LogP contribution is 2.47. The van der Waals surface area contributed by atoms with E-state index in [2.05, 4.69) is 13.8 Å². The van der Waals surface area contributed by atoms with E-state index < -0.39 is 75.7 Å². The zero-order valence-electron chi connectivity index (χ0n) is 40.1. The van der Waals surface area contributed by atoms with E-state index in [1.54, 1.807) is 6.08 Å². The maximum atomic E-state index is 12.8. The summed E-state index contributed by atoms with van der Waals surface area (Å²) in [5.74, 6) is -1.34. The summed E-state index contributed by atoms with van der Waals surface area (Å²) in [4.78, 5) is 35.7. The van der Waals surface area contributed by atoms with E-state index in [0.717, 1.165) is 38.5 Å². The minimum Gasteiger partial charge on any atom is -0.462 e. The highest BCUT2D eigenvalue weighted by Gasteiger charge is 2.51. The van der Waals surface area contributed by atoms with Gasteiger partial charge in [-0.05, 0) is 19.3 Å². The molecule has 0 spiro atoms. The van der Waals surface area contributed by atoms with Crippen LogP contribution in [0.25, 0.3) is 0 Å². The Labute approximate surface area is 387 Å². The van der Waals surface area contributed by atoms with Gasteiger partial charge in [-0.15, -0.1) is 0 Å². The third-order valence-electron chi connectivity index (χ3n) is 12.2. The molecule has 0 amide bonds. The molecule has 0 radical (unpaired) electrons. The molecule has 1 aliphatic rings. The number of hydrogen-bond acceptors (Lipinski definition) is 12. The van der Waals surface area contributed by atoms with Gasteiger partial charge >= 0.3 is 19.8 Å². The molecule has 1 fully saturated rings. The van der Waals surface area contributed by atoms with Crippen LogP contribution in [0.3, 0.4) is 0 Å². The minimum absolute atomic E-state index is 0.153. The number of unbranched alkanes of at least 4 members (excludes halogenated alkanes) is 30. The van der Waals surface area contributed by atoms with E-state index >= 15 is 0 Å². The standard InChI is InChI=1S/C50H93O13P/c1-3-5-7-9-11-13-15-17-19-20-21-22-23-25-26-28-30-32-34-36-38-43(51)60-40-42(41-61-64(58,59)63-50-48(56)46(54)45(53)47(55)49(50)57)62-44(52)39-37-35-33-31-29-27-24-18-16-14-12-10-8-6-4-2/h33,35,37,39,42,45-50,53-57H,3-32,34,36,38,40-41H2,1-2H3,(H,58,59)/b35-33+,39-37+/t42-,45?,46-,47?,48?,49?,50?/m0/s1. The van der Waals surface area contributed by atoms with E-state index in [1.807, 2.05) is 6.08 Å². The van der Waals surface area contributed by atoms with Crippen LogP contribution in [0.4, 0.5) is 0 Å². The van der Waals surface area contributed by atoms with Crippen LogP contribution < -0.4 is 0 Å². The second-order valence-electron chi connectivity index (χ2n) is 18.1. The Hall–Kier alpha value is -1.67. The van der Waals surface area contributed by atoms with Crippen molar-refractivity contribution in [3.8, 4) is 0 Å². The van der Waals surface area contributed by atoms with E-state index in [0.29, 0.717) is 6.42 Å². The first kappa shape index (κ1) is 60.3. The van der Waals surface area contributed by atoms with E-state index in [9.17, 15) is 44.6 Å². The molecule has 0 bridgehead atoms. The molecule has 6 N–H and O–H groups in total. The molecule has 0 heterocycles. The predicted molar refractivity (Wildman–Crippen MR) is 254 cm³/mol. The Morgan fingerprint density at radius 3 is 1.31 bits per heavy atom. The second-order valence-corrected chi connectivity index (χ2v) is 19.5. The number of phosphoric ester groups is 1. The maximum absolute atomic E-state index is 12.8. The fourth-order valence-electron chi connectivity index (χ4n) is 8.02. The average molecular weight is 933 g/mol. The lowest BCUT2D eigenvalue weighted by Crippen LogP contribution is -2.64. The van der Waals surface area contributed by atoms with Crippen molar-refractivity contribution in [3.05, 3.63) is 24.3 Å². The number of rotatable bonds is 43. The van der Waals surface area contributed by atoms with Gasteiger partial charge in [0.05, 0.1) is 6.61 Å². The van der Waals surface area contributed by atoms with Gasteiger partial charge in [0.2, 0.25) is 0 Å². The summed E-state index contributed by atoms with van der Waals surface area (Å²) in [5, 5.41) is 50.2. The topological polar surface area (TPSA) is 210 Å². The zero-order valence-corrected chi connectivity index (χ0v) is 41.0. The van der Waals surface area contributed by atoms with Crippen molar-refractivity contribution in [1.29, 1.82) is 0 Å². The number of carbonyl (C=O) groups is 2. The van der Waals surface area contributed by atoms with Gasteiger partial charge in [-0.25, -0.2) is 9.36 Å². The van der Waals surface area contributed by atoms with Gasteiger partial charge < -0.3 is 39.9 Å². The summed E-state index contributed by atoms with van der Waals surface area (Å²) in [6.45, 7) is 3.24. The SMILES string of the molecule is CCCCCCCCCCCCC/C=C/C=C/C(=O)O[C@@H](COC(=O)CCCCCCCCCCCCCCCCCCCCCC)COP(=O)(O)OC1C(O)C(O)C(O)[C@H](O)C1O. The van der Waals surface area contributed by atoms with Crippen molar-refractivity contribution >= 4 is 19.8 Å². The largest absolute Gasteiger partial charge is 0.472 e. The molecule has 64 heavy (non-hydrogen) atoms. The van der Waals surface area contributed by atoms with Crippen LogP contribution in [0.1, 0.15) is 226 Å². The highest BCUT2D eigenvalue weighted by atomic mass is 31.2. The number of carbonyl (C=O) groups excluding carboxylic acids is 2. The Morgan fingerprint density at radius 1 is 0.516 bits per heavy atom. The lowest BCUT2D eigenvalue weighted by atomic mass is 9.85. The summed E-state index contributed by atoms with van der Waals surface area (Å²) in [6.07, 6.45) is 33.0. The van der Waals surface area contributed by atoms with Crippen molar-refractivity contribution in [2.24, 2.45) is 0 Å². The summed E-state index contributed by atoms with van der Waals surface area (Å²) in [6, 6.07) is 0. The molecule has 376 valence electrons. The first-order valence-corrected chi connectivity index (χ1v) is 27.2. The molecule has 1 saturated carbocycles. The van der Waals surface area contributed by atoms with Crippen molar-refractivity contribution in [2.45, 2.75) is 268 Å². The molecule has 0 saturated heterocycles. The quantitative estimate of drug-likeness (QED) is 0.0111. The number of allylic oxidation sites excluding steroid dienone is 3. The van der Waals surface area contributed by atoms with E-state index in [1.165, 1.54) is 173 Å². The van der Waals surface area contributed by atoms with Crippen molar-refractivity contribution in [3.63, 3.8) is 0 Å².